The highest BCUT2D eigenvalue weighted by Crippen LogP contribution is 2.27. The first kappa shape index (κ1) is 16.1. The average Bonchev–Trinajstić information content (AvgIpc) is 2.53. The summed E-state index contributed by atoms with van der Waals surface area (Å²) in [5.41, 5.74) is 0. The Labute approximate surface area is 125 Å². The van der Waals surface area contributed by atoms with Gasteiger partial charge in [-0.15, -0.1) is 0 Å². The molecule has 6 heteroatoms. The fourth-order valence-corrected chi connectivity index (χ4v) is 3.37. The molecule has 120 valence electrons. The van der Waals surface area contributed by atoms with E-state index >= 15 is 0 Å². The summed E-state index contributed by atoms with van der Waals surface area (Å²) in [6.07, 6.45) is 6.90. The zero-order chi connectivity index (χ0) is 15.2. The summed E-state index contributed by atoms with van der Waals surface area (Å²) >= 11 is 0. The molecule has 1 aliphatic heterocycles. The number of carbonyl (C=O) groups is 2. The second kappa shape index (κ2) is 7.64. The van der Waals surface area contributed by atoms with Gasteiger partial charge in [0, 0.05) is 20.2 Å². The van der Waals surface area contributed by atoms with Crippen molar-refractivity contribution in [3.8, 4) is 0 Å². The molecule has 2 rings (SSSR count). The van der Waals surface area contributed by atoms with Crippen LogP contribution in [-0.4, -0.2) is 54.4 Å². The van der Waals surface area contributed by atoms with Gasteiger partial charge in [0.25, 0.3) is 0 Å². The van der Waals surface area contributed by atoms with Crippen LogP contribution in [0, 0.1) is 5.92 Å². The number of nitrogens with zero attached hydrogens (tertiary/aromatic N) is 1. The van der Waals surface area contributed by atoms with Crippen LogP contribution < -0.4 is 5.32 Å². The van der Waals surface area contributed by atoms with Gasteiger partial charge in [-0.25, -0.2) is 9.59 Å². The Kier molecular flexibility index (Phi) is 5.85. The first-order chi connectivity index (χ1) is 10.1. The highest BCUT2D eigenvalue weighted by atomic mass is 16.5. The molecular formula is C15H26N2O4. The van der Waals surface area contributed by atoms with Crippen molar-refractivity contribution in [1.29, 1.82) is 0 Å². The van der Waals surface area contributed by atoms with Crippen LogP contribution in [-0.2, 0) is 9.53 Å². The number of hydrogen-bond acceptors (Lipinski definition) is 3. The molecule has 0 spiro atoms. The number of piperidine rings is 1. The van der Waals surface area contributed by atoms with E-state index < -0.39 is 12.0 Å². The van der Waals surface area contributed by atoms with Gasteiger partial charge < -0.3 is 20.1 Å². The van der Waals surface area contributed by atoms with Gasteiger partial charge in [-0.3, -0.25) is 0 Å². The van der Waals surface area contributed by atoms with E-state index in [9.17, 15) is 14.7 Å². The largest absolute Gasteiger partial charge is 0.480 e. The number of rotatable bonds is 4. The number of carboxylic acid groups (broad SMARTS) is 1. The maximum atomic E-state index is 12.3. The number of carboxylic acids is 1. The zero-order valence-electron chi connectivity index (χ0n) is 12.7. The maximum Gasteiger partial charge on any atom is 0.326 e. The van der Waals surface area contributed by atoms with E-state index in [0.717, 1.165) is 38.5 Å². The van der Waals surface area contributed by atoms with E-state index in [1.165, 1.54) is 6.42 Å². The van der Waals surface area contributed by atoms with Crippen molar-refractivity contribution in [3.05, 3.63) is 0 Å². The first-order valence-electron chi connectivity index (χ1n) is 7.93. The van der Waals surface area contributed by atoms with Crippen molar-refractivity contribution in [2.24, 2.45) is 5.92 Å². The standard InChI is InChI=1S/C15H26N2O4/c1-21-12-7-9-17(10-8-12)15(20)16-13(14(18)19)11-5-3-2-4-6-11/h11-13H,2-10H2,1H3,(H,16,20)(H,18,19). The molecule has 0 radical (unpaired) electrons. The number of amides is 2. The van der Waals surface area contributed by atoms with E-state index in [1.54, 1.807) is 12.0 Å². The van der Waals surface area contributed by atoms with Crippen LogP contribution in [0.25, 0.3) is 0 Å². The minimum absolute atomic E-state index is 0.0664. The average molecular weight is 298 g/mol. The van der Waals surface area contributed by atoms with Crippen molar-refractivity contribution in [1.82, 2.24) is 10.2 Å². The van der Waals surface area contributed by atoms with Gasteiger partial charge >= 0.3 is 12.0 Å². The summed E-state index contributed by atoms with van der Waals surface area (Å²) in [6, 6.07) is -1.000. The molecule has 2 amide bonds. The lowest BCUT2D eigenvalue weighted by Crippen LogP contribution is -2.53. The van der Waals surface area contributed by atoms with Gasteiger partial charge in [-0.1, -0.05) is 19.3 Å². The summed E-state index contributed by atoms with van der Waals surface area (Å²) < 4.78 is 5.28. The highest BCUT2D eigenvalue weighted by molar-refractivity contribution is 5.82. The fourth-order valence-electron chi connectivity index (χ4n) is 3.37. The Bertz CT molecular complexity index is 361. The topological polar surface area (TPSA) is 78.9 Å². The Balaban J connectivity index is 1.87. The number of urea groups is 1. The molecule has 0 bridgehead atoms. The van der Waals surface area contributed by atoms with E-state index in [-0.39, 0.29) is 18.1 Å². The molecule has 1 heterocycles. The molecule has 1 atom stereocenters. The van der Waals surface area contributed by atoms with Gasteiger partial charge in [0.1, 0.15) is 6.04 Å². The number of methoxy groups -OCH3 is 1. The Morgan fingerprint density at radius 3 is 2.29 bits per heavy atom. The Morgan fingerprint density at radius 1 is 1.14 bits per heavy atom. The van der Waals surface area contributed by atoms with Crippen LogP contribution >= 0.6 is 0 Å². The minimum atomic E-state index is -0.915. The van der Waals surface area contributed by atoms with Crippen LogP contribution in [0.5, 0.6) is 0 Å². The normalized spacial score (nSPS) is 22.8. The molecular weight excluding hydrogens is 272 g/mol. The number of likely N-dealkylation sites (tertiary alicyclic amines) is 1. The third kappa shape index (κ3) is 4.33. The van der Waals surface area contributed by atoms with Gasteiger partial charge in [-0.2, -0.15) is 0 Å². The van der Waals surface area contributed by atoms with Crippen LogP contribution in [0.15, 0.2) is 0 Å². The summed E-state index contributed by atoms with van der Waals surface area (Å²) in [6.45, 7) is 1.25. The summed E-state index contributed by atoms with van der Waals surface area (Å²) in [5.74, 6) is -0.848. The molecule has 1 saturated heterocycles. The second-order valence-electron chi connectivity index (χ2n) is 6.09. The lowest BCUT2D eigenvalue weighted by Gasteiger charge is -2.34. The summed E-state index contributed by atoms with van der Waals surface area (Å²) in [4.78, 5) is 25.4. The minimum Gasteiger partial charge on any atom is -0.480 e. The summed E-state index contributed by atoms with van der Waals surface area (Å²) in [5, 5.41) is 12.1. The second-order valence-corrected chi connectivity index (χ2v) is 6.09. The molecule has 2 fully saturated rings. The molecule has 6 nitrogen and oxygen atoms in total. The molecule has 0 aromatic heterocycles. The van der Waals surface area contributed by atoms with E-state index in [0.29, 0.717) is 13.1 Å². The van der Waals surface area contributed by atoms with Crippen molar-refractivity contribution in [2.45, 2.75) is 57.1 Å². The van der Waals surface area contributed by atoms with Crippen molar-refractivity contribution in [3.63, 3.8) is 0 Å². The third-order valence-electron chi connectivity index (χ3n) is 4.73. The molecule has 21 heavy (non-hydrogen) atoms. The van der Waals surface area contributed by atoms with Gasteiger partial charge in [0.2, 0.25) is 0 Å². The molecule has 1 saturated carbocycles. The Morgan fingerprint density at radius 2 is 1.76 bits per heavy atom. The monoisotopic (exact) mass is 298 g/mol. The zero-order valence-corrected chi connectivity index (χ0v) is 12.7. The van der Waals surface area contributed by atoms with E-state index in [2.05, 4.69) is 5.32 Å². The third-order valence-corrected chi connectivity index (χ3v) is 4.73. The van der Waals surface area contributed by atoms with Crippen LogP contribution in [0.2, 0.25) is 0 Å². The predicted molar refractivity (Wildman–Crippen MR) is 78.1 cm³/mol. The van der Waals surface area contributed by atoms with Crippen LogP contribution in [0.1, 0.15) is 44.9 Å². The van der Waals surface area contributed by atoms with Crippen LogP contribution in [0.4, 0.5) is 4.79 Å². The van der Waals surface area contributed by atoms with Crippen molar-refractivity contribution in [2.75, 3.05) is 20.2 Å². The molecule has 1 aliphatic carbocycles. The molecule has 1 unspecified atom stereocenters. The quantitative estimate of drug-likeness (QED) is 0.830. The lowest BCUT2D eigenvalue weighted by atomic mass is 9.84. The number of nitrogens with one attached hydrogen (secondary N) is 1. The van der Waals surface area contributed by atoms with E-state index in [4.69, 9.17) is 4.74 Å². The lowest BCUT2D eigenvalue weighted by molar-refractivity contribution is -0.141. The van der Waals surface area contributed by atoms with E-state index in [1.807, 2.05) is 0 Å². The number of aliphatic carboxylic acids is 1. The number of carbonyl (C=O) groups excluding carboxylic acids is 1. The Hall–Kier alpha value is -1.30. The molecule has 0 aromatic carbocycles. The SMILES string of the molecule is COC1CCN(C(=O)NC(C(=O)O)C2CCCCC2)CC1. The molecule has 2 aliphatic rings. The number of hydrogen-bond donors (Lipinski definition) is 2. The number of ether oxygens (including phenoxy) is 1. The smallest absolute Gasteiger partial charge is 0.326 e. The first-order valence-corrected chi connectivity index (χ1v) is 7.93. The summed E-state index contributed by atoms with van der Waals surface area (Å²) in [7, 11) is 1.68. The highest BCUT2D eigenvalue weighted by Gasteiger charge is 2.32. The van der Waals surface area contributed by atoms with Gasteiger partial charge in [0.15, 0.2) is 0 Å². The van der Waals surface area contributed by atoms with Gasteiger partial charge in [-0.05, 0) is 31.6 Å². The fraction of sp³-hybridized carbons (Fsp3) is 0.867. The van der Waals surface area contributed by atoms with Crippen LogP contribution in [0.3, 0.4) is 0 Å². The van der Waals surface area contributed by atoms with Crippen molar-refractivity contribution >= 4 is 12.0 Å². The maximum absolute atomic E-state index is 12.3. The molecule has 2 N–H and O–H groups in total. The molecule has 0 aromatic rings. The van der Waals surface area contributed by atoms with Crippen molar-refractivity contribution < 1.29 is 19.4 Å². The van der Waals surface area contributed by atoms with Gasteiger partial charge in [0.05, 0.1) is 6.10 Å². The predicted octanol–water partition coefficient (Wildman–Crippen LogP) is 1.84.